The third kappa shape index (κ3) is 3.75. The molecule has 0 aliphatic carbocycles. The SMILES string of the molecule is CCSC1=C(c2ccc(Cl)cc2)C(=O)N(c2cccc(C(F)(F)F)c2)C1=O. The lowest BCUT2D eigenvalue weighted by molar-refractivity contribution is -0.137. The molecule has 0 spiro atoms. The van der Waals surface area contributed by atoms with Gasteiger partial charge >= 0.3 is 6.18 Å². The molecule has 0 saturated carbocycles. The smallest absolute Gasteiger partial charge is 0.268 e. The van der Waals surface area contributed by atoms with Crippen LogP contribution in [0.15, 0.2) is 53.4 Å². The number of halogens is 4. The number of carbonyl (C=O) groups excluding carboxylic acids is 2. The highest BCUT2D eigenvalue weighted by Gasteiger charge is 2.41. The molecular formula is C19H13ClF3NO2S. The molecule has 3 rings (SSSR count). The van der Waals surface area contributed by atoms with Crippen molar-refractivity contribution in [1.29, 1.82) is 0 Å². The van der Waals surface area contributed by atoms with Crippen molar-refractivity contribution in [3.05, 3.63) is 69.6 Å². The third-order valence-electron chi connectivity index (χ3n) is 3.89. The molecule has 0 N–H and O–H groups in total. The Hall–Kier alpha value is -2.25. The summed E-state index contributed by atoms with van der Waals surface area (Å²) in [6, 6.07) is 10.6. The van der Waals surface area contributed by atoms with Gasteiger partial charge in [-0.25, -0.2) is 4.90 Å². The van der Waals surface area contributed by atoms with E-state index in [1.807, 2.05) is 6.92 Å². The number of alkyl halides is 3. The van der Waals surface area contributed by atoms with Crippen LogP contribution in [-0.4, -0.2) is 17.6 Å². The van der Waals surface area contributed by atoms with Crippen molar-refractivity contribution in [2.75, 3.05) is 10.7 Å². The highest BCUT2D eigenvalue weighted by atomic mass is 35.5. The van der Waals surface area contributed by atoms with E-state index >= 15 is 0 Å². The average molecular weight is 412 g/mol. The van der Waals surface area contributed by atoms with Gasteiger partial charge in [0.05, 0.1) is 21.7 Å². The quantitative estimate of drug-likeness (QED) is 0.632. The predicted molar refractivity (Wildman–Crippen MR) is 100 cm³/mol. The summed E-state index contributed by atoms with van der Waals surface area (Å²) in [5.41, 5.74) is -0.382. The number of nitrogens with zero attached hydrogens (tertiary/aromatic N) is 1. The van der Waals surface area contributed by atoms with E-state index in [-0.39, 0.29) is 16.2 Å². The molecule has 0 atom stereocenters. The second-order valence-corrected chi connectivity index (χ2v) is 7.35. The van der Waals surface area contributed by atoms with Gasteiger partial charge in [-0.05, 0) is 41.6 Å². The number of rotatable bonds is 4. The number of thioether (sulfide) groups is 1. The van der Waals surface area contributed by atoms with Gasteiger partial charge in [0.2, 0.25) is 0 Å². The van der Waals surface area contributed by atoms with E-state index in [0.29, 0.717) is 16.3 Å². The van der Waals surface area contributed by atoms with Gasteiger partial charge < -0.3 is 0 Å². The van der Waals surface area contributed by atoms with Crippen LogP contribution in [0, 0.1) is 0 Å². The molecule has 0 aromatic heterocycles. The molecule has 1 heterocycles. The number of imide groups is 1. The number of hydrogen-bond acceptors (Lipinski definition) is 3. The van der Waals surface area contributed by atoms with Gasteiger partial charge in [-0.15, -0.1) is 11.8 Å². The van der Waals surface area contributed by atoms with Crippen molar-refractivity contribution < 1.29 is 22.8 Å². The molecule has 0 radical (unpaired) electrons. The topological polar surface area (TPSA) is 37.4 Å². The van der Waals surface area contributed by atoms with Crippen LogP contribution in [0.5, 0.6) is 0 Å². The third-order valence-corrected chi connectivity index (χ3v) is 5.10. The fourth-order valence-corrected chi connectivity index (χ4v) is 3.69. The Morgan fingerprint density at radius 3 is 2.30 bits per heavy atom. The Labute approximate surface area is 162 Å². The van der Waals surface area contributed by atoms with Crippen molar-refractivity contribution in [1.82, 2.24) is 0 Å². The van der Waals surface area contributed by atoms with Crippen molar-refractivity contribution in [3.63, 3.8) is 0 Å². The monoisotopic (exact) mass is 411 g/mol. The van der Waals surface area contributed by atoms with Crippen LogP contribution < -0.4 is 4.90 Å². The second kappa shape index (κ2) is 7.40. The molecule has 0 unspecified atom stereocenters. The molecule has 1 aliphatic rings. The minimum Gasteiger partial charge on any atom is -0.268 e. The summed E-state index contributed by atoms with van der Waals surface area (Å²) in [5, 5.41) is 0.468. The highest BCUT2D eigenvalue weighted by molar-refractivity contribution is 8.04. The molecule has 27 heavy (non-hydrogen) atoms. The maximum absolute atomic E-state index is 13.0. The van der Waals surface area contributed by atoms with Gasteiger partial charge in [0.15, 0.2) is 0 Å². The molecule has 0 bridgehead atoms. The summed E-state index contributed by atoms with van der Waals surface area (Å²) < 4.78 is 39.0. The van der Waals surface area contributed by atoms with Crippen LogP contribution >= 0.6 is 23.4 Å². The number of hydrogen-bond donors (Lipinski definition) is 0. The standard InChI is InChI=1S/C19H13ClF3NO2S/c1-2-27-16-15(11-6-8-13(20)9-7-11)17(25)24(18(16)26)14-5-3-4-12(10-14)19(21,22)23/h3-10H,2H2,1H3. The zero-order chi connectivity index (χ0) is 19.8. The zero-order valence-electron chi connectivity index (χ0n) is 14.0. The molecule has 1 aliphatic heterocycles. The van der Waals surface area contributed by atoms with E-state index in [0.717, 1.165) is 17.0 Å². The molecule has 3 nitrogen and oxygen atoms in total. The molecule has 2 aromatic carbocycles. The number of amides is 2. The molecular weight excluding hydrogens is 399 g/mol. The first-order chi connectivity index (χ1) is 12.7. The Morgan fingerprint density at radius 2 is 1.70 bits per heavy atom. The fraction of sp³-hybridized carbons (Fsp3) is 0.158. The Kier molecular flexibility index (Phi) is 5.35. The van der Waals surface area contributed by atoms with Crippen molar-refractivity contribution >= 4 is 46.4 Å². The Balaban J connectivity index is 2.08. The lowest BCUT2D eigenvalue weighted by Crippen LogP contribution is -2.31. The summed E-state index contributed by atoms with van der Waals surface area (Å²) in [7, 11) is 0. The number of benzene rings is 2. The maximum Gasteiger partial charge on any atom is 0.416 e. The van der Waals surface area contributed by atoms with Gasteiger partial charge in [-0.1, -0.05) is 36.7 Å². The van der Waals surface area contributed by atoms with Crippen LogP contribution in [-0.2, 0) is 15.8 Å². The molecule has 0 saturated heterocycles. The molecule has 0 fully saturated rings. The molecule has 140 valence electrons. The fourth-order valence-electron chi connectivity index (χ4n) is 2.71. The van der Waals surface area contributed by atoms with E-state index < -0.39 is 23.6 Å². The first-order valence-electron chi connectivity index (χ1n) is 7.93. The average Bonchev–Trinajstić information content (AvgIpc) is 2.86. The summed E-state index contributed by atoms with van der Waals surface area (Å²) >= 11 is 7.05. The zero-order valence-corrected chi connectivity index (χ0v) is 15.6. The van der Waals surface area contributed by atoms with E-state index in [1.54, 1.807) is 24.3 Å². The van der Waals surface area contributed by atoms with Gasteiger partial charge in [0.25, 0.3) is 11.8 Å². The van der Waals surface area contributed by atoms with E-state index in [1.165, 1.54) is 23.9 Å². The molecule has 2 aromatic rings. The van der Waals surface area contributed by atoms with Crippen LogP contribution in [0.4, 0.5) is 18.9 Å². The lowest BCUT2D eigenvalue weighted by Gasteiger charge is -2.17. The van der Waals surface area contributed by atoms with Crippen molar-refractivity contribution in [2.45, 2.75) is 13.1 Å². The van der Waals surface area contributed by atoms with E-state index in [4.69, 9.17) is 11.6 Å². The van der Waals surface area contributed by atoms with Gasteiger partial charge in [0.1, 0.15) is 0 Å². The summed E-state index contributed by atoms with van der Waals surface area (Å²) in [6.45, 7) is 1.82. The molecule has 2 amide bonds. The normalized spacial score (nSPS) is 15.1. The van der Waals surface area contributed by atoms with Crippen LogP contribution in [0.1, 0.15) is 18.1 Å². The highest BCUT2D eigenvalue weighted by Crippen LogP contribution is 2.40. The Morgan fingerprint density at radius 1 is 1.04 bits per heavy atom. The van der Waals surface area contributed by atoms with Crippen LogP contribution in [0.2, 0.25) is 5.02 Å². The summed E-state index contributed by atoms with van der Waals surface area (Å²) in [5.74, 6) is -0.754. The second-order valence-electron chi connectivity index (χ2n) is 5.64. The van der Waals surface area contributed by atoms with Crippen LogP contribution in [0.25, 0.3) is 5.57 Å². The predicted octanol–water partition coefficient (Wildman–Crippen LogP) is 5.40. The van der Waals surface area contributed by atoms with E-state index in [2.05, 4.69) is 0 Å². The van der Waals surface area contributed by atoms with Gasteiger partial charge in [-0.3, -0.25) is 9.59 Å². The van der Waals surface area contributed by atoms with Crippen molar-refractivity contribution in [2.24, 2.45) is 0 Å². The Bertz CT molecular complexity index is 939. The minimum absolute atomic E-state index is 0.113. The van der Waals surface area contributed by atoms with Crippen molar-refractivity contribution in [3.8, 4) is 0 Å². The largest absolute Gasteiger partial charge is 0.416 e. The maximum atomic E-state index is 13.0. The van der Waals surface area contributed by atoms with Gasteiger partial charge in [0, 0.05) is 5.02 Å². The first-order valence-corrected chi connectivity index (χ1v) is 9.29. The number of anilines is 1. The first kappa shape index (κ1) is 19.5. The number of carbonyl (C=O) groups is 2. The minimum atomic E-state index is -4.57. The van der Waals surface area contributed by atoms with Gasteiger partial charge in [-0.2, -0.15) is 13.2 Å². The molecule has 8 heteroatoms. The van der Waals surface area contributed by atoms with Crippen LogP contribution in [0.3, 0.4) is 0 Å². The summed E-state index contributed by atoms with van der Waals surface area (Å²) in [6.07, 6.45) is -4.57. The van der Waals surface area contributed by atoms with E-state index in [9.17, 15) is 22.8 Å². The lowest BCUT2D eigenvalue weighted by atomic mass is 10.1. The summed E-state index contributed by atoms with van der Waals surface area (Å²) in [4.78, 5) is 26.8.